The summed E-state index contributed by atoms with van der Waals surface area (Å²) in [5.41, 5.74) is 1.12. The second-order valence-electron chi connectivity index (χ2n) is 9.28. The summed E-state index contributed by atoms with van der Waals surface area (Å²) in [5.74, 6) is 2.85. The van der Waals surface area contributed by atoms with Gasteiger partial charge in [-0.15, -0.1) is 0 Å². The molecule has 4 rings (SSSR count). The van der Waals surface area contributed by atoms with Gasteiger partial charge in [0.05, 0.1) is 18.2 Å². The normalized spacial score (nSPS) is 36.4. The Morgan fingerprint density at radius 3 is 2.07 bits per heavy atom. The second kappa shape index (κ2) is 9.94. The quantitative estimate of drug-likeness (QED) is 0.482. The van der Waals surface area contributed by atoms with E-state index in [0.717, 1.165) is 30.6 Å². The summed E-state index contributed by atoms with van der Waals surface area (Å²) in [7, 11) is 0. The second-order valence-corrected chi connectivity index (χ2v) is 9.69. The topological polar surface area (TPSA) is 18.5 Å². The van der Waals surface area contributed by atoms with Gasteiger partial charge in [0.15, 0.2) is 6.29 Å². The van der Waals surface area contributed by atoms with Crippen molar-refractivity contribution in [3.05, 3.63) is 46.8 Å². The highest BCUT2D eigenvalue weighted by atomic mass is 35.5. The Hall–Kier alpha value is -0.900. The van der Waals surface area contributed by atoms with E-state index < -0.39 is 0 Å². The summed E-state index contributed by atoms with van der Waals surface area (Å²) >= 11 is 5.84. The number of hydrogen-bond acceptors (Lipinski definition) is 2. The molecule has 0 N–H and O–H groups in total. The summed E-state index contributed by atoms with van der Waals surface area (Å²) in [6.45, 7) is 3.64. The van der Waals surface area contributed by atoms with Crippen LogP contribution in [0.4, 0.5) is 4.39 Å². The molecule has 4 heteroatoms. The van der Waals surface area contributed by atoms with Crippen molar-refractivity contribution in [1.82, 2.24) is 0 Å². The molecule has 0 unspecified atom stereocenters. The Morgan fingerprint density at radius 1 is 0.897 bits per heavy atom. The van der Waals surface area contributed by atoms with Gasteiger partial charge in [0.25, 0.3) is 0 Å². The molecule has 0 atom stereocenters. The van der Waals surface area contributed by atoms with Crippen molar-refractivity contribution in [2.45, 2.75) is 70.5 Å². The number of ether oxygens (including phenoxy) is 2. The predicted molar refractivity (Wildman–Crippen MR) is 116 cm³/mol. The summed E-state index contributed by atoms with van der Waals surface area (Å²) in [6.07, 6.45) is 14.2. The fraction of sp³-hybridized carbons (Fsp3) is 0.680. The van der Waals surface area contributed by atoms with Gasteiger partial charge in [-0.25, -0.2) is 4.39 Å². The van der Waals surface area contributed by atoms with E-state index in [1.165, 1.54) is 51.4 Å². The van der Waals surface area contributed by atoms with Gasteiger partial charge in [0.2, 0.25) is 0 Å². The lowest BCUT2D eigenvalue weighted by Gasteiger charge is -2.41. The van der Waals surface area contributed by atoms with Gasteiger partial charge in [-0.3, -0.25) is 0 Å². The highest BCUT2D eigenvalue weighted by molar-refractivity contribution is 6.30. The van der Waals surface area contributed by atoms with Crippen molar-refractivity contribution in [2.24, 2.45) is 23.7 Å². The Morgan fingerprint density at radius 2 is 1.48 bits per heavy atom. The van der Waals surface area contributed by atoms with Gasteiger partial charge in [-0.2, -0.15) is 0 Å². The number of benzene rings is 1. The van der Waals surface area contributed by atoms with Crippen molar-refractivity contribution in [2.75, 3.05) is 13.2 Å². The zero-order valence-corrected chi connectivity index (χ0v) is 18.3. The minimum atomic E-state index is -0.284. The molecule has 2 saturated carbocycles. The van der Waals surface area contributed by atoms with Crippen LogP contribution in [0.3, 0.4) is 0 Å². The Bertz CT molecular complexity index is 682. The molecule has 0 radical (unpaired) electrons. The van der Waals surface area contributed by atoms with E-state index in [1.807, 2.05) is 6.07 Å². The van der Waals surface area contributed by atoms with Crippen molar-refractivity contribution in [1.29, 1.82) is 0 Å². The minimum Gasteiger partial charge on any atom is -0.352 e. The van der Waals surface area contributed by atoms with E-state index in [2.05, 4.69) is 19.1 Å². The first-order chi connectivity index (χ1) is 14.1. The summed E-state index contributed by atoms with van der Waals surface area (Å²) in [6, 6.07) is 5.35. The summed E-state index contributed by atoms with van der Waals surface area (Å²) < 4.78 is 25.9. The Labute approximate surface area is 179 Å². The van der Waals surface area contributed by atoms with Crippen LogP contribution in [0, 0.1) is 29.5 Å². The monoisotopic (exact) mass is 420 g/mol. The van der Waals surface area contributed by atoms with Crippen molar-refractivity contribution >= 4 is 11.6 Å². The molecular formula is C25H34ClFO2. The van der Waals surface area contributed by atoms with E-state index >= 15 is 0 Å². The van der Waals surface area contributed by atoms with Gasteiger partial charge < -0.3 is 9.47 Å². The lowest BCUT2D eigenvalue weighted by molar-refractivity contribution is -0.223. The van der Waals surface area contributed by atoms with Gasteiger partial charge in [0, 0.05) is 11.8 Å². The van der Waals surface area contributed by atoms with Crippen molar-refractivity contribution in [3.8, 4) is 0 Å². The fourth-order valence-corrected chi connectivity index (χ4v) is 5.88. The molecule has 0 aromatic heterocycles. The SMILES string of the molecule is C/C=C/C1COC(C2CCC(C3CCC(c4ccc(Cl)c(F)c4)CC3)CC2)OC1. The highest BCUT2D eigenvalue weighted by Gasteiger charge is 2.35. The molecule has 1 aromatic rings. The average Bonchev–Trinajstić information content (AvgIpc) is 2.77. The smallest absolute Gasteiger partial charge is 0.160 e. The van der Waals surface area contributed by atoms with Gasteiger partial charge >= 0.3 is 0 Å². The van der Waals surface area contributed by atoms with E-state index in [9.17, 15) is 4.39 Å². The molecule has 1 aromatic carbocycles. The van der Waals surface area contributed by atoms with Gasteiger partial charge in [0.1, 0.15) is 5.82 Å². The molecule has 1 aliphatic heterocycles. The van der Waals surface area contributed by atoms with Crippen molar-refractivity contribution < 1.29 is 13.9 Å². The molecule has 0 spiro atoms. The molecule has 1 heterocycles. The third-order valence-corrected chi connectivity index (χ3v) is 7.78. The molecule has 0 bridgehead atoms. The summed E-state index contributed by atoms with van der Waals surface area (Å²) in [5, 5.41) is 0.225. The molecule has 160 valence electrons. The first-order valence-corrected chi connectivity index (χ1v) is 11.8. The fourth-order valence-electron chi connectivity index (χ4n) is 5.77. The van der Waals surface area contributed by atoms with Crippen LogP contribution in [-0.4, -0.2) is 19.5 Å². The highest BCUT2D eigenvalue weighted by Crippen LogP contribution is 2.45. The first-order valence-electron chi connectivity index (χ1n) is 11.4. The van der Waals surface area contributed by atoms with Crippen LogP contribution in [-0.2, 0) is 9.47 Å². The van der Waals surface area contributed by atoms with E-state index in [-0.39, 0.29) is 17.1 Å². The molecule has 1 saturated heterocycles. The Balaban J connectivity index is 1.21. The molecular weight excluding hydrogens is 387 g/mol. The van der Waals surface area contributed by atoms with Gasteiger partial charge in [-0.05, 0) is 93.7 Å². The first kappa shape index (κ1) is 21.3. The van der Waals surface area contributed by atoms with Crippen molar-refractivity contribution in [3.63, 3.8) is 0 Å². The Kier molecular flexibility index (Phi) is 7.31. The van der Waals surface area contributed by atoms with Crippen LogP contribution >= 0.6 is 11.6 Å². The number of rotatable bonds is 4. The lowest BCUT2D eigenvalue weighted by Crippen LogP contribution is -2.38. The third kappa shape index (κ3) is 5.24. The van der Waals surface area contributed by atoms with Crippen LogP contribution in [0.2, 0.25) is 5.02 Å². The number of halogens is 2. The van der Waals surface area contributed by atoms with Crippen LogP contribution in [0.1, 0.15) is 69.8 Å². The van der Waals surface area contributed by atoms with E-state index in [4.69, 9.17) is 21.1 Å². The molecule has 0 amide bonds. The molecule has 3 fully saturated rings. The standard InChI is InChI=1S/C25H34ClFO2/c1-2-3-17-15-28-25(29-16-17)21-10-8-19(9-11-21)18-4-6-20(7-5-18)22-12-13-23(26)24(27)14-22/h2-3,12-14,17-21,25H,4-11,15-16H2,1H3/b3-2+. The van der Waals surface area contributed by atoms with Gasteiger partial charge in [-0.1, -0.05) is 29.8 Å². The largest absolute Gasteiger partial charge is 0.352 e. The average molecular weight is 421 g/mol. The zero-order chi connectivity index (χ0) is 20.2. The maximum Gasteiger partial charge on any atom is 0.160 e. The minimum absolute atomic E-state index is 0.00740. The lowest BCUT2D eigenvalue weighted by atomic mass is 9.68. The van der Waals surface area contributed by atoms with E-state index in [0.29, 0.717) is 17.8 Å². The zero-order valence-electron chi connectivity index (χ0n) is 17.5. The van der Waals surface area contributed by atoms with Crippen LogP contribution < -0.4 is 0 Å². The molecule has 3 aliphatic rings. The number of allylic oxidation sites excluding steroid dienone is 1. The molecule has 29 heavy (non-hydrogen) atoms. The molecule has 2 nitrogen and oxygen atoms in total. The van der Waals surface area contributed by atoms with E-state index in [1.54, 1.807) is 12.1 Å². The third-order valence-electron chi connectivity index (χ3n) is 7.47. The van der Waals surface area contributed by atoms with Crippen LogP contribution in [0.5, 0.6) is 0 Å². The molecule has 2 aliphatic carbocycles. The number of hydrogen-bond donors (Lipinski definition) is 0. The maximum atomic E-state index is 13.8. The maximum absolute atomic E-state index is 13.8. The van der Waals surface area contributed by atoms with Crippen LogP contribution in [0.25, 0.3) is 0 Å². The predicted octanol–water partition coefficient (Wildman–Crippen LogP) is 7.12. The summed E-state index contributed by atoms with van der Waals surface area (Å²) in [4.78, 5) is 0. The van der Waals surface area contributed by atoms with Crippen LogP contribution in [0.15, 0.2) is 30.4 Å².